The molecule has 7 nitrogen and oxygen atoms in total. The van der Waals surface area contributed by atoms with E-state index in [4.69, 9.17) is 14.5 Å². The smallest absolute Gasteiger partial charge is 0.264 e. The van der Waals surface area contributed by atoms with E-state index < -0.39 is 34.0 Å². The van der Waals surface area contributed by atoms with Gasteiger partial charge in [-0.15, -0.1) is 0 Å². The quantitative estimate of drug-likeness (QED) is 0.285. The van der Waals surface area contributed by atoms with Crippen molar-refractivity contribution in [3.8, 4) is 11.5 Å². The summed E-state index contributed by atoms with van der Waals surface area (Å²) in [7, 11) is -3.66. The molecular formula is C19H20FN3O4S. The number of nitrogens with zero attached hydrogens (tertiary/aromatic N) is 3. The average molecular weight is 405 g/mol. The number of azide groups is 1. The zero-order valence-corrected chi connectivity index (χ0v) is 16.3. The molecule has 1 aliphatic rings. The van der Waals surface area contributed by atoms with Crippen LogP contribution in [0.5, 0.6) is 11.5 Å². The lowest BCUT2D eigenvalue weighted by molar-refractivity contribution is 0.180. The minimum Gasteiger partial charge on any atom is -0.457 e. The van der Waals surface area contributed by atoms with Crippen LogP contribution in [0.3, 0.4) is 0 Å². The van der Waals surface area contributed by atoms with E-state index in [-0.39, 0.29) is 6.42 Å². The highest BCUT2D eigenvalue weighted by Gasteiger charge is 2.34. The molecule has 2 aromatic rings. The Hall–Kier alpha value is -2.61. The van der Waals surface area contributed by atoms with Crippen molar-refractivity contribution < 1.29 is 21.7 Å². The summed E-state index contributed by atoms with van der Waals surface area (Å²) in [4.78, 5) is 2.95. The predicted molar refractivity (Wildman–Crippen MR) is 102 cm³/mol. The van der Waals surface area contributed by atoms with E-state index in [0.717, 1.165) is 11.8 Å². The summed E-state index contributed by atoms with van der Waals surface area (Å²) in [6, 6.07) is 10.5. The first-order valence-corrected chi connectivity index (χ1v) is 10.6. The average Bonchev–Trinajstić information content (AvgIpc) is 2.76. The van der Waals surface area contributed by atoms with Crippen molar-refractivity contribution in [3.63, 3.8) is 0 Å². The van der Waals surface area contributed by atoms with Gasteiger partial charge in [-0.2, -0.15) is 8.42 Å². The van der Waals surface area contributed by atoms with E-state index in [1.807, 2.05) is 19.1 Å². The maximum Gasteiger partial charge on any atom is 0.264 e. The fraction of sp³-hybridized carbons (Fsp3) is 0.368. The van der Waals surface area contributed by atoms with Crippen LogP contribution in [0.2, 0.25) is 0 Å². The molecule has 0 aliphatic carbocycles. The van der Waals surface area contributed by atoms with Crippen LogP contribution in [-0.4, -0.2) is 20.8 Å². The van der Waals surface area contributed by atoms with Crippen molar-refractivity contribution in [1.29, 1.82) is 0 Å². The van der Waals surface area contributed by atoms with E-state index >= 15 is 0 Å². The second-order valence-electron chi connectivity index (χ2n) is 6.64. The van der Waals surface area contributed by atoms with Crippen LogP contribution in [-0.2, 0) is 14.3 Å². The summed E-state index contributed by atoms with van der Waals surface area (Å²) >= 11 is 0. The van der Waals surface area contributed by atoms with Gasteiger partial charge >= 0.3 is 0 Å². The molecule has 0 saturated carbocycles. The molecule has 0 saturated heterocycles. The molecule has 3 atom stereocenters. The Balaban J connectivity index is 2.14. The van der Waals surface area contributed by atoms with Crippen LogP contribution in [0.1, 0.15) is 42.9 Å². The van der Waals surface area contributed by atoms with E-state index in [9.17, 15) is 12.8 Å². The fourth-order valence-electron chi connectivity index (χ4n) is 3.49. The molecule has 0 unspecified atom stereocenters. The lowest BCUT2D eigenvalue weighted by Gasteiger charge is -2.26. The van der Waals surface area contributed by atoms with Gasteiger partial charge in [-0.3, -0.25) is 4.18 Å². The van der Waals surface area contributed by atoms with Gasteiger partial charge in [-0.1, -0.05) is 30.2 Å². The minimum atomic E-state index is -3.66. The van der Waals surface area contributed by atoms with Crippen molar-refractivity contribution in [1.82, 2.24) is 0 Å². The van der Waals surface area contributed by atoms with Gasteiger partial charge in [0.15, 0.2) is 0 Å². The van der Waals surface area contributed by atoms with Crippen LogP contribution in [0.25, 0.3) is 10.4 Å². The van der Waals surface area contributed by atoms with Gasteiger partial charge < -0.3 is 4.74 Å². The Labute approximate surface area is 162 Å². The summed E-state index contributed by atoms with van der Waals surface area (Å²) in [6.07, 6.45) is 1.06. The van der Waals surface area contributed by atoms with Crippen molar-refractivity contribution in [2.24, 2.45) is 5.11 Å². The number of halogens is 1. The monoisotopic (exact) mass is 405 g/mol. The summed E-state index contributed by atoms with van der Waals surface area (Å²) in [5, 5.41) is 3.92. The number of ether oxygens (including phenoxy) is 1. The molecule has 9 heteroatoms. The van der Waals surface area contributed by atoms with Crippen molar-refractivity contribution in [2.45, 2.75) is 37.8 Å². The minimum absolute atomic E-state index is 0.254. The third kappa shape index (κ3) is 4.44. The molecular weight excluding hydrogens is 385 g/mol. The molecule has 1 aliphatic heterocycles. The summed E-state index contributed by atoms with van der Waals surface area (Å²) in [5.41, 5.74) is 10.3. The van der Waals surface area contributed by atoms with E-state index in [0.29, 0.717) is 23.5 Å². The highest BCUT2D eigenvalue weighted by atomic mass is 32.2. The molecule has 3 rings (SSSR count). The Morgan fingerprint density at radius 3 is 2.64 bits per heavy atom. The van der Waals surface area contributed by atoms with Crippen LogP contribution in [0, 0.1) is 5.82 Å². The van der Waals surface area contributed by atoms with Crippen molar-refractivity contribution in [2.75, 3.05) is 6.26 Å². The van der Waals surface area contributed by atoms with E-state index in [2.05, 4.69) is 10.0 Å². The zero-order valence-electron chi connectivity index (χ0n) is 15.4. The lowest BCUT2D eigenvalue weighted by Crippen LogP contribution is -2.22. The highest BCUT2D eigenvalue weighted by Crippen LogP contribution is 2.49. The second kappa shape index (κ2) is 8.18. The number of benzene rings is 2. The standard InChI is InChI=1S/C19H20FN3O4S/c1-3-13(27-28(2,24)25)11-15-14-6-4-5-7-17(14)26-18-9-8-12(20)10-16(18)19(15)22-23-21/h4-10,13,15,19H,3,11H2,1-2H3/t13-,15+,19-/m0/s1. The first-order valence-electron chi connectivity index (χ1n) is 8.81. The number of fused-ring (bicyclic) bond motifs is 2. The Morgan fingerprint density at radius 2 is 1.96 bits per heavy atom. The number of para-hydroxylation sites is 1. The molecule has 28 heavy (non-hydrogen) atoms. The molecule has 0 fully saturated rings. The van der Waals surface area contributed by atoms with Gasteiger partial charge in [-0.25, -0.2) is 4.39 Å². The van der Waals surface area contributed by atoms with Crippen LogP contribution in [0.4, 0.5) is 4.39 Å². The summed E-state index contributed by atoms with van der Waals surface area (Å²) in [5.74, 6) is 0.00232. The SMILES string of the molecule is CC[C@@H](C[C@@H]1c2ccccc2Oc2ccc(F)cc2[C@H]1N=[N+]=[N-])OS(C)(=O)=O. The van der Waals surface area contributed by atoms with Crippen molar-refractivity contribution >= 4 is 10.1 Å². The first kappa shape index (κ1) is 20.1. The summed E-state index contributed by atoms with van der Waals surface area (Å²) in [6.45, 7) is 1.81. The molecule has 148 valence electrons. The molecule has 0 aromatic heterocycles. The topological polar surface area (TPSA) is 101 Å². The molecule has 0 bridgehead atoms. The van der Waals surface area contributed by atoms with Gasteiger partial charge in [0.25, 0.3) is 10.1 Å². The van der Waals surface area contributed by atoms with Crippen LogP contribution >= 0.6 is 0 Å². The van der Waals surface area contributed by atoms with Gasteiger partial charge in [0.2, 0.25) is 0 Å². The molecule has 0 N–H and O–H groups in total. The van der Waals surface area contributed by atoms with Gasteiger partial charge in [0.05, 0.1) is 18.4 Å². The van der Waals surface area contributed by atoms with Gasteiger partial charge in [-0.05, 0) is 48.2 Å². The first-order chi connectivity index (χ1) is 13.3. The third-order valence-electron chi connectivity index (χ3n) is 4.67. The maximum atomic E-state index is 14.0. The van der Waals surface area contributed by atoms with Crippen LogP contribution < -0.4 is 4.74 Å². The van der Waals surface area contributed by atoms with Crippen molar-refractivity contribution in [3.05, 3.63) is 69.9 Å². The number of hydrogen-bond donors (Lipinski definition) is 0. The van der Waals surface area contributed by atoms with Gasteiger partial charge in [0.1, 0.15) is 17.3 Å². The Kier molecular flexibility index (Phi) is 5.88. The molecule has 0 amide bonds. The lowest BCUT2D eigenvalue weighted by atomic mass is 9.83. The largest absolute Gasteiger partial charge is 0.457 e. The molecule has 0 spiro atoms. The normalized spacial score (nSPS) is 19.4. The number of rotatable bonds is 6. The number of hydrogen-bond acceptors (Lipinski definition) is 5. The summed E-state index contributed by atoms with van der Waals surface area (Å²) < 4.78 is 48.4. The molecule has 2 aromatic carbocycles. The molecule has 1 heterocycles. The van der Waals surface area contributed by atoms with E-state index in [1.165, 1.54) is 18.2 Å². The highest BCUT2D eigenvalue weighted by molar-refractivity contribution is 7.86. The van der Waals surface area contributed by atoms with Crippen LogP contribution in [0.15, 0.2) is 47.6 Å². The fourth-order valence-corrected chi connectivity index (χ4v) is 4.20. The van der Waals surface area contributed by atoms with E-state index in [1.54, 1.807) is 12.1 Å². The Bertz CT molecular complexity index is 1020. The zero-order chi connectivity index (χ0) is 20.3. The third-order valence-corrected chi connectivity index (χ3v) is 5.29. The second-order valence-corrected chi connectivity index (χ2v) is 8.25. The van der Waals surface area contributed by atoms with Gasteiger partial charge in [0, 0.05) is 16.4 Å². The predicted octanol–water partition coefficient (Wildman–Crippen LogP) is 5.21. The Morgan fingerprint density at radius 1 is 1.25 bits per heavy atom. The maximum absolute atomic E-state index is 14.0. The molecule has 0 radical (unpaired) electrons.